The van der Waals surface area contributed by atoms with Gasteiger partial charge >= 0.3 is 5.97 Å². The molecule has 0 aliphatic carbocycles. The summed E-state index contributed by atoms with van der Waals surface area (Å²) in [6.07, 6.45) is 0. The third kappa shape index (κ3) is 4.18. The number of fused-ring (bicyclic) bond motifs is 2. The summed E-state index contributed by atoms with van der Waals surface area (Å²) < 4.78 is 5.39. The highest BCUT2D eigenvalue weighted by molar-refractivity contribution is 6.16. The molecule has 4 rings (SSSR count). The fraction of sp³-hybridized carbons (Fsp3) is 0.154. The Morgan fingerprint density at radius 1 is 0.833 bits per heavy atom. The van der Waals surface area contributed by atoms with E-state index in [9.17, 15) is 9.59 Å². The van der Waals surface area contributed by atoms with E-state index in [1.807, 2.05) is 85.8 Å². The number of hydrogen-bond donors (Lipinski definition) is 1. The van der Waals surface area contributed by atoms with Gasteiger partial charge in [-0.25, -0.2) is 4.79 Å². The molecule has 30 heavy (non-hydrogen) atoms. The lowest BCUT2D eigenvalue weighted by atomic mass is 9.97. The van der Waals surface area contributed by atoms with Crippen LogP contribution in [0, 0.1) is 0 Å². The number of carbonyl (C=O) groups excluding carboxylic acids is 2. The van der Waals surface area contributed by atoms with E-state index in [2.05, 4.69) is 11.4 Å². The fourth-order valence-corrected chi connectivity index (χ4v) is 3.65. The SMILES string of the molecule is C[C@@H](CNC(=O)COC(=O)c1c2ccccc2cc2ccccc12)c1ccccc1. The van der Waals surface area contributed by atoms with Gasteiger partial charge in [-0.2, -0.15) is 0 Å². The highest BCUT2D eigenvalue weighted by Crippen LogP contribution is 2.29. The second-order valence-corrected chi connectivity index (χ2v) is 7.39. The van der Waals surface area contributed by atoms with Crippen molar-refractivity contribution in [2.75, 3.05) is 13.2 Å². The van der Waals surface area contributed by atoms with Crippen LogP contribution < -0.4 is 5.32 Å². The summed E-state index contributed by atoms with van der Waals surface area (Å²) in [4.78, 5) is 25.2. The van der Waals surface area contributed by atoms with Crippen molar-refractivity contribution in [3.8, 4) is 0 Å². The molecule has 0 heterocycles. The van der Waals surface area contributed by atoms with Gasteiger partial charge in [0.25, 0.3) is 5.91 Å². The predicted octanol–water partition coefficient (Wildman–Crippen LogP) is 5.07. The maximum Gasteiger partial charge on any atom is 0.339 e. The van der Waals surface area contributed by atoms with Gasteiger partial charge in [-0.15, -0.1) is 0 Å². The van der Waals surface area contributed by atoms with Crippen LogP contribution >= 0.6 is 0 Å². The zero-order valence-electron chi connectivity index (χ0n) is 16.8. The first-order valence-electron chi connectivity index (χ1n) is 10.0. The zero-order chi connectivity index (χ0) is 20.9. The molecular formula is C26H23NO3. The van der Waals surface area contributed by atoms with Gasteiger partial charge in [-0.3, -0.25) is 4.79 Å². The smallest absolute Gasteiger partial charge is 0.339 e. The van der Waals surface area contributed by atoms with Gasteiger partial charge in [0.05, 0.1) is 5.56 Å². The summed E-state index contributed by atoms with van der Waals surface area (Å²) in [7, 11) is 0. The third-order valence-corrected chi connectivity index (χ3v) is 5.28. The van der Waals surface area contributed by atoms with Crippen LogP contribution in [0.2, 0.25) is 0 Å². The molecule has 0 aromatic heterocycles. The minimum absolute atomic E-state index is 0.174. The van der Waals surface area contributed by atoms with Crippen molar-refractivity contribution < 1.29 is 14.3 Å². The fourth-order valence-electron chi connectivity index (χ4n) is 3.65. The van der Waals surface area contributed by atoms with Crippen molar-refractivity contribution in [2.24, 2.45) is 0 Å². The Morgan fingerprint density at radius 2 is 1.40 bits per heavy atom. The monoisotopic (exact) mass is 397 g/mol. The quantitative estimate of drug-likeness (QED) is 0.365. The lowest BCUT2D eigenvalue weighted by Crippen LogP contribution is -2.31. The Morgan fingerprint density at radius 3 is 2.03 bits per heavy atom. The number of carbonyl (C=O) groups is 2. The van der Waals surface area contributed by atoms with Crippen molar-refractivity contribution in [3.05, 3.63) is 96.1 Å². The zero-order valence-corrected chi connectivity index (χ0v) is 16.8. The summed E-state index contributed by atoms with van der Waals surface area (Å²) in [5, 5.41) is 6.41. The van der Waals surface area contributed by atoms with Gasteiger partial charge < -0.3 is 10.1 Å². The highest BCUT2D eigenvalue weighted by Gasteiger charge is 2.17. The van der Waals surface area contributed by atoms with Crippen LogP contribution in [0.3, 0.4) is 0 Å². The van der Waals surface area contributed by atoms with Crippen LogP contribution in [-0.2, 0) is 9.53 Å². The van der Waals surface area contributed by atoms with E-state index in [0.29, 0.717) is 12.1 Å². The van der Waals surface area contributed by atoms with E-state index in [-0.39, 0.29) is 18.4 Å². The normalized spacial score (nSPS) is 11.9. The predicted molar refractivity (Wildman–Crippen MR) is 120 cm³/mol. The number of benzene rings is 4. The minimum atomic E-state index is -0.491. The third-order valence-electron chi connectivity index (χ3n) is 5.28. The molecule has 1 amide bonds. The molecule has 0 saturated heterocycles. The van der Waals surface area contributed by atoms with Crippen LogP contribution in [0.15, 0.2) is 84.9 Å². The minimum Gasteiger partial charge on any atom is -0.452 e. The molecule has 4 nitrogen and oxygen atoms in total. The van der Waals surface area contributed by atoms with Crippen molar-refractivity contribution in [1.82, 2.24) is 5.32 Å². The molecule has 0 unspecified atom stereocenters. The van der Waals surface area contributed by atoms with Crippen LogP contribution in [0.1, 0.15) is 28.8 Å². The van der Waals surface area contributed by atoms with Crippen LogP contribution in [0.5, 0.6) is 0 Å². The molecule has 0 aliphatic heterocycles. The second kappa shape index (κ2) is 8.78. The Kier molecular flexibility index (Phi) is 5.75. The molecule has 150 valence electrons. The summed E-state index contributed by atoms with van der Waals surface area (Å²) in [6.45, 7) is 2.22. The number of hydrogen-bond acceptors (Lipinski definition) is 3. The van der Waals surface area contributed by atoms with Gasteiger partial charge in [0.2, 0.25) is 0 Å². The van der Waals surface area contributed by atoms with E-state index in [1.165, 1.54) is 0 Å². The molecule has 4 heteroatoms. The number of amides is 1. The van der Waals surface area contributed by atoms with Crippen molar-refractivity contribution in [2.45, 2.75) is 12.8 Å². The topological polar surface area (TPSA) is 55.4 Å². The summed E-state index contributed by atoms with van der Waals surface area (Å²) in [5.41, 5.74) is 1.64. The molecule has 0 aliphatic rings. The first kappa shape index (κ1) is 19.6. The largest absolute Gasteiger partial charge is 0.452 e. The Balaban J connectivity index is 1.46. The van der Waals surface area contributed by atoms with Crippen LogP contribution in [0.25, 0.3) is 21.5 Å². The number of esters is 1. The van der Waals surface area contributed by atoms with E-state index in [0.717, 1.165) is 27.1 Å². The van der Waals surface area contributed by atoms with E-state index in [4.69, 9.17) is 4.74 Å². The maximum absolute atomic E-state index is 12.9. The molecule has 1 atom stereocenters. The van der Waals surface area contributed by atoms with Gasteiger partial charge in [-0.05, 0) is 39.1 Å². The average molecular weight is 397 g/mol. The lowest BCUT2D eigenvalue weighted by molar-refractivity contribution is -0.124. The van der Waals surface area contributed by atoms with Crippen molar-refractivity contribution in [3.63, 3.8) is 0 Å². The molecule has 4 aromatic carbocycles. The lowest BCUT2D eigenvalue weighted by Gasteiger charge is -2.14. The molecule has 0 spiro atoms. The number of rotatable bonds is 6. The van der Waals surface area contributed by atoms with E-state index < -0.39 is 5.97 Å². The maximum atomic E-state index is 12.9. The molecular weight excluding hydrogens is 374 g/mol. The highest BCUT2D eigenvalue weighted by atomic mass is 16.5. The molecule has 4 aromatic rings. The second-order valence-electron chi connectivity index (χ2n) is 7.39. The standard InChI is InChI=1S/C26H23NO3/c1-18(19-9-3-2-4-10-19)16-27-24(28)17-30-26(29)25-22-13-7-5-11-20(22)15-21-12-6-8-14-23(21)25/h2-15,18H,16-17H2,1H3,(H,27,28)/t18-/m0/s1. The first-order chi connectivity index (χ1) is 14.6. The molecule has 1 N–H and O–H groups in total. The summed E-state index contributed by atoms with van der Waals surface area (Å²) >= 11 is 0. The van der Waals surface area contributed by atoms with Crippen LogP contribution in [0.4, 0.5) is 0 Å². The number of nitrogens with one attached hydrogen (secondary N) is 1. The summed E-state index contributed by atoms with van der Waals surface area (Å²) in [6, 6.07) is 27.4. The van der Waals surface area contributed by atoms with Crippen LogP contribution in [-0.4, -0.2) is 25.0 Å². The Labute approximate surface area is 175 Å². The van der Waals surface area contributed by atoms with Crippen molar-refractivity contribution in [1.29, 1.82) is 0 Å². The van der Waals surface area contributed by atoms with Gasteiger partial charge in [-0.1, -0.05) is 85.8 Å². The first-order valence-corrected chi connectivity index (χ1v) is 10.0. The Bertz CT molecular complexity index is 1150. The molecule has 0 saturated carbocycles. The van der Waals surface area contributed by atoms with Gasteiger partial charge in [0.15, 0.2) is 6.61 Å². The average Bonchev–Trinajstić information content (AvgIpc) is 2.79. The Hall–Kier alpha value is -3.66. The number of ether oxygens (including phenoxy) is 1. The summed E-state index contributed by atoms with van der Waals surface area (Å²) in [5.74, 6) is -0.627. The van der Waals surface area contributed by atoms with E-state index >= 15 is 0 Å². The van der Waals surface area contributed by atoms with Crippen molar-refractivity contribution >= 4 is 33.4 Å². The van der Waals surface area contributed by atoms with Gasteiger partial charge in [0, 0.05) is 6.54 Å². The van der Waals surface area contributed by atoms with Gasteiger partial charge in [0.1, 0.15) is 0 Å². The molecule has 0 fully saturated rings. The van der Waals surface area contributed by atoms with E-state index in [1.54, 1.807) is 0 Å². The molecule has 0 radical (unpaired) electrons. The molecule has 0 bridgehead atoms.